The third-order valence-electron chi connectivity index (χ3n) is 5.89. The predicted octanol–water partition coefficient (Wildman–Crippen LogP) is 3.67. The van der Waals surface area contributed by atoms with Crippen LogP contribution in [0.15, 0.2) is 29.8 Å². The first-order valence-electron chi connectivity index (χ1n) is 10.4. The fraction of sp³-hybridized carbons (Fsp3) is 0.500. The Morgan fingerprint density at radius 3 is 2.93 bits per heavy atom. The van der Waals surface area contributed by atoms with E-state index in [1.54, 1.807) is 5.51 Å². The van der Waals surface area contributed by atoms with E-state index in [-0.39, 0.29) is 23.8 Å². The van der Waals surface area contributed by atoms with Gasteiger partial charge in [0.05, 0.1) is 23.4 Å². The number of hydrogen-bond donors (Lipinski definition) is 1. The van der Waals surface area contributed by atoms with Gasteiger partial charge in [0.1, 0.15) is 10.6 Å². The fourth-order valence-corrected chi connectivity index (χ4v) is 5.01. The van der Waals surface area contributed by atoms with Gasteiger partial charge in [0.25, 0.3) is 11.8 Å². The topological polar surface area (TPSA) is 71.5 Å². The summed E-state index contributed by atoms with van der Waals surface area (Å²) in [6.07, 6.45) is 4.89. The number of benzene rings is 1. The molecule has 2 amide bonds. The van der Waals surface area contributed by atoms with Gasteiger partial charge in [-0.15, -0.1) is 11.3 Å². The second-order valence-corrected chi connectivity index (χ2v) is 8.70. The van der Waals surface area contributed by atoms with Gasteiger partial charge in [-0.05, 0) is 44.2 Å². The normalized spacial score (nSPS) is 22.9. The van der Waals surface area contributed by atoms with Gasteiger partial charge in [0, 0.05) is 19.1 Å². The van der Waals surface area contributed by atoms with Crippen molar-refractivity contribution in [2.75, 3.05) is 19.7 Å². The van der Waals surface area contributed by atoms with E-state index in [4.69, 9.17) is 4.74 Å². The van der Waals surface area contributed by atoms with Crippen LogP contribution in [0.3, 0.4) is 0 Å². The summed E-state index contributed by atoms with van der Waals surface area (Å²) in [7, 11) is 0. The van der Waals surface area contributed by atoms with E-state index in [2.05, 4.69) is 10.3 Å². The Morgan fingerprint density at radius 2 is 2.10 bits per heavy atom. The predicted molar refractivity (Wildman–Crippen MR) is 113 cm³/mol. The van der Waals surface area contributed by atoms with Crippen LogP contribution in [0.4, 0.5) is 0 Å². The minimum atomic E-state index is -0.0887. The highest BCUT2D eigenvalue weighted by Crippen LogP contribution is 2.27. The van der Waals surface area contributed by atoms with Gasteiger partial charge in [-0.1, -0.05) is 25.0 Å². The number of fused-ring (bicyclic) bond motifs is 2. The van der Waals surface area contributed by atoms with Gasteiger partial charge in [-0.2, -0.15) is 0 Å². The Kier molecular flexibility index (Phi) is 6.13. The van der Waals surface area contributed by atoms with Crippen LogP contribution in [-0.2, 0) is 0 Å². The highest BCUT2D eigenvalue weighted by atomic mass is 32.1. The van der Waals surface area contributed by atoms with Crippen LogP contribution in [0.2, 0.25) is 0 Å². The van der Waals surface area contributed by atoms with Gasteiger partial charge in [0.15, 0.2) is 0 Å². The Hall–Kier alpha value is -2.41. The van der Waals surface area contributed by atoms with E-state index >= 15 is 0 Å². The lowest BCUT2D eigenvalue weighted by Crippen LogP contribution is -2.52. The number of aromatic nitrogens is 1. The van der Waals surface area contributed by atoms with Crippen molar-refractivity contribution < 1.29 is 14.3 Å². The molecular weight excluding hydrogens is 386 g/mol. The number of carbonyl (C=O) groups excluding carboxylic acids is 2. The van der Waals surface area contributed by atoms with Crippen LogP contribution >= 0.6 is 11.3 Å². The maximum absolute atomic E-state index is 13.0. The number of ether oxygens (including phenoxy) is 1. The maximum atomic E-state index is 13.0. The van der Waals surface area contributed by atoms with Gasteiger partial charge in [0.2, 0.25) is 0 Å². The number of rotatable bonds is 1. The summed E-state index contributed by atoms with van der Waals surface area (Å²) < 4.78 is 5.85. The number of aryl methyl sites for hydroxylation is 1. The molecule has 0 radical (unpaired) electrons. The lowest BCUT2D eigenvalue weighted by molar-refractivity contribution is 0.0608. The quantitative estimate of drug-likeness (QED) is 0.774. The lowest BCUT2D eigenvalue weighted by atomic mass is 9.87. The zero-order valence-corrected chi connectivity index (χ0v) is 17.5. The van der Waals surface area contributed by atoms with Gasteiger partial charge in [-0.3, -0.25) is 9.59 Å². The smallest absolute Gasteiger partial charge is 0.265 e. The number of amides is 2. The molecule has 7 heteroatoms. The van der Waals surface area contributed by atoms with Crippen LogP contribution in [0.1, 0.15) is 57.8 Å². The van der Waals surface area contributed by atoms with Crippen molar-refractivity contribution in [2.45, 2.75) is 45.1 Å². The molecule has 2 atom stereocenters. The van der Waals surface area contributed by atoms with E-state index in [1.807, 2.05) is 36.1 Å². The molecular formula is C22H27N3O3S. The lowest BCUT2D eigenvalue weighted by Gasteiger charge is -2.39. The highest BCUT2D eigenvalue weighted by molar-refractivity contribution is 7.11. The first kappa shape index (κ1) is 19.9. The number of carbonyl (C=O) groups is 2. The van der Waals surface area contributed by atoms with Crippen molar-refractivity contribution in [2.24, 2.45) is 5.92 Å². The van der Waals surface area contributed by atoms with Crippen LogP contribution in [0, 0.1) is 12.8 Å². The molecule has 1 N–H and O–H groups in total. The molecule has 6 nitrogen and oxygen atoms in total. The van der Waals surface area contributed by atoms with E-state index in [1.165, 1.54) is 11.3 Å². The average Bonchev–Trinajstić information content (AvgIpc) is 3.16. The zero-order valence-electron chi connectivity index (χ0n) is 16.7. The Labute approximate surface area is 175 Å². The zero-order chi connectivity index (χ0) is 20.2. The summed E-state index contributed by atoms with van der Waals surface area (Å²) in [6, 6.07) is 7.51. The number of thiazole rings is 1. The summed E-state index contributed by atoms with van der Waals surface area (Å²) in [6.45, 7) is 3.83. The summed E-state index contributed by atoms with van der Waals surface area (Å²) in [5.74, 6) is 0.890. The largest absolute Gasteiger partial charge is 0.493 e. The molecule has 1 saturated heterocycles. The number of nitrogens with one attached hydrogen (secondary N) is 1. The summed E-state index contributed by atoms with van der Waals surface area (Å²) in [4.78, 5) is 32.8. The van der Waals surface area contributed by atoms with E-state index < -0.39 is 0 Å². The van der Waals surface area contributed by atoms with Crippen molar-refractivity contribution in [1.82, 2.24) is 15.2 Å². The van der Waals surface area contributed by atoms with Crippen molar-refractivity contribution in [1.29, 1.82) is 0 Å². The molecule has 29 heavy (non-hydrogen) atoms. The van der Waals surface area contributed by atoms with E-state index in [0.717, 1.165) is 42.7 Å². The fourth-order valence-electron chi connectivity index (χ4n) is 4.24. The monoisotopic (exact) mass is 413 g/mol. The minimum Gasteiger partial charge on any atom is -0.493 e. The second kappa shape index (κ2) is 8.95. The SMILES string of the molecule is Cc1ncsc1C(=O)N1CC[C@H]2NC(=O)c3ccccc3OCCCCC[C@H]2C1. The van der Waals surface area contributed by atoms with Crippen molar-refractivity contribution in [3.63, 3.8) is 0 Å². The second-order valence-electron chi connectivity index (χ2n) is 7.84. The molecule has 1 fully saturated rings. The summed E-state index contributed by atoms with van der Waals surface area (Å²) >= 11 is 1.41. The number of piperidine rings is 1. The molecule has 2 aromatic rings. The summed E-state index contributed by atoms with van der Waals surface area (Å²) in [5, 5.41) is 3.23. The van der Waals surface area contributed by atoms with Crippen LogP contribution in [0.25, 0.3) is 0 Å². The minimum absolute atomic E-state index is 0.0691. The average molecular weight is 414 g/mol. The van der Waals surface area contributed by atoms with Crippen LogP contribution in [-0.4, -0.2) is 47.4 Å². The number of nitrogens with zero attached hydrogens (tertiary/aromatic N) is 2. The molecule has 2 aliphatic rings. The molecule has 4 rings (SSSR count). The van der Waals surface area contributed by atoms with Gasteiger partial charge in [-0.25, -0.2) is 4.98 Å². The van der Waals surface area contributed by atoms with Gasteiger partial charge < -0.3 is 15.0 Å². The van der Waals surface area contributed by atoms with Gasteiger partial charge >= 0.3 is 0 Å². The summed E-state index contributed by atoms with van der Waals surface area (Å²) in [5.41, 5.74) is 3.11. The number of likely N-dealkylation sites (tertiary alicyclic amines) is 1. The molecule has 1 aromatic carbocycles. The van der Waals surface area contributed by atoms with E-state index in [0.29, 0.717) is 31.0 Å². The molecule has 0 aliphatic carbocycles. The first-order valence-corrected chi connectivity index (χ1v) is 11.2. The molecule has 0 spiro atoms. The number of hydrogen-bond acceptors (Lipinski definition) is 5. The van der Waals surface area contributed by atoms with E-state index in [9.17, 15) is 9.59 Å². The molecule has 0 bridgehead atoms. The highest BCUT2D eigenvalue weighted by Gasteiger charge is 2.34. The standard InChI is InChI=1S/C22H27N3O3S/c1-15-20(29-14-23-15)22(27)25-11-10-18-16(13-25)7-3-2-6-12-28-19-9-5-4-8-17(19)21(26)24-18/h4-5,8-9,14,16,18H,2-3,6-7,10-13H2,1H3,(H,24,26)/t16-,18+/m0/s1. The molecule has 2 aliphatic heterocycles. The van der Waals surface area contributed by atoms with Crippen LogP contribution in [0.5, 0.6) is 5.75 Å². The molecule has 1 aromatic heterocycles. The Balaban J connectivity index is 1.51. The molecule has 0 unspecified atom stereocenters. The molecule has 154 valence electrons. The maximum Gasteiger partial charge on any atom is 0.265 e. The van der Waals surface area contributed by atoms with Crippen LogP contribution < -0.4 is 10.1 Å². The first-order chi connectivity index (χ1) is 14.1. The number of para-hydroxylation sites is 1. The third kappa shape index (κ3) is 4.45. The molecule has 3 heterocycles. The molecule has 0 saturated carbocycles. The van der Waals surface area contributed by atoms with Crippen molar-refractivity contribution in [3.8, 4) is 5.75 Å². The Morgan fingerprint density at radius 1 is 1.24 bits per heavy atom. The van der Waals surface area contributed by atoms with Crippen molar-refractivity contribution in [3.05, 3.63) is 45.9 Å². The Bertz CT molecular complexity index is 882. The van der Waals surface area contributed by atoms with Crippen molar-refractivity contribution >= 4 is 23.2 Å². The third-order valence-corrected chi connectivity index (χ3v) is 6.80.